The van der Waals surface area contributed by atoms with E-state index in [0.717, 1.165) is 18.2 Å². The molecule has 0 aliphatic heterocycles. The van der Waals surface area contributed by atoms with Crippen molar-refractivity contribution in [2.45, 2.75) is 39.2 Å². The van der Waals surface area contributed by atoms with Gasteiger partial charge in [-0.15, -0.1) is 0 Å². The Kier molecular flexibility index (Phi) is 5.03. The number of allylic oxidation sites excluding steroid dienone is 2. The second-order valence-electron chi connectivity index (χ2n) is 5.53. The molecule has 0 saturated carbocycles. The molecule has 1 N–H and O–H groups in total. The summed E-state index contributed by atoms with van der Waals surface area (Å²) in [6.45, 7) is 5.40. The van der Waals surface area contributed by atoms with Crippen LogP contribution in [0.3, 0.4) is 0 Å². The first-order chi connectivity index (χ1) is 9.20. The van der Waals surface area contributed by atoms with Gasteiger partial charge in [0, 0.05) is 11.6 Å². The monoisotopic (exact) mass is 259 g/mol. The molecule has 1 aliphatic carbocycles. The van der Waals surface area contributed by atoms with E-state index >= 15 is 0 Å². The van der Waals surface area contributed by atoms with Crippen molar-refractivity contribution in [2.24, 2.45) is 5.92 Å². The van der Waals surface area contributed by atoms with E-state index in [0.29, 0.717) is 6.04 Å². The quantitative estimate of drug-likeness (QED) is 0.807. The number of methoxy groups -OCH3 is 1. The molecule has 0 aromatic heterocycles. The van der Waals surface area contributed by atoms with Crippen molar-refractivity contribution in [1.29, 1.82) is 0 Å². The molecule has 2 heteroatoms. The van der Waals surface area contributed by atoms with Crippen molar-refractivity contribution in [3.8, 4) is 5.75 Å². The van der Waals surface area contributed by atoms with Gasteiger partial charge < -0.3 is 10.1 Å². The maximum Gasteiger partial charge on any atom is 0.123 e. The maximum absolute atomic E-state index is 5.49. The van der Waals surface area contributed by atoms with Crippen LogP contribution in [-0.4, -0.2) is 13.7 Å². The zero-order valence-corrected chi connectivity index (χ0v) is 12.3. The minimum absolute atomic E-state index is 0.335. The first kappa shape index (κ1) is 14.1. The Balaban J connectivity index is 1.95. The van der Waals surface area contributed by atoms with Crippen LogP contribution in [0.25, 0.3) is 0 Å². The highest BCUT2D eigenvalue weighted by Gasteiger charge is 2.14. The van der Waals surface area contributed by atoms with Crippen molar-refractivity contribution in [3.63, 3.8) is 0 Å². The predicted molar refractivity (Wildman–Crippen MR) is 80.6 cm³/mol. The molecule has 0 amide bonds. The summed E-state index contributed by atoms with van der Waals surface area (Å²) in [5, 5.41) is 3.65. The Labute approximate surface area is 116 Å². The lowest BCUT2D eigenvalue weighted by atomic mass is 9.94. The summed E-state index contributed by atoms with van der Waals surface area (Å²) in [5.41, 5.74) is 2.49. The smallest absolute Gasteiger partial charge is 0.123 e. The summed E-state index contributed by atoms with van der Waals surface area (Å²) in [5.74, 6) is 1.77. The third-order valence-corrected chi connectivity index (χ3v) is 3.95. The van der Waals surface area contributed by atoms with E-state index in [2.05, 4.69) is 49.5 Å². The molecular formula is C17H25NO. The van der Waals surface area contributed by atoms with E-state index in [1.807, 2.05) is 0 Å². The van der Waals surface area contributed by atoms with Crippen LogP contribution in [0, 0.1) is 12.8 Å². The van der Waals surface area contributed by atoms with Crippen LogP contribution < -0.4 is 10.1 Å². The maximum atomic E-state index is 5.49. The van der Waals surface area contributed by atoms with Crippen LogP contribution in [-0.2, 0) is 0 Å². The molecule has 0 heterocycles. The SMILES string of the molecule is COc1cc(C)ccc1C(C)NCC1CC=CCC1. The van der Waals surface area contributed by atoms with Gasteiger partial charge in [0.1, 0.15) is 5.75 Å². The van der Waals surface area contributed by atoms with E-state index < -0.39 is 0 Å². The molecule has 2 unspecified atom stereocenters. The van der Waals surface area contributed by atoms with Crippen molar-refractivity contribution in [2.75, 3.05) is 13.7 Å². The number of ether oxygens (including phenoxy) is 1. The van der Waals surface area contributed by atoms with Crippen LogP contribution >= 0.6 is 0 Å². The Hall–Kier alpha value is -1.28. The molecule has 0 radical (unpaired) electrons. The zero-order chi connectivity index (χ0) is 13.7. The van der Waals surface area contributed by atoms with Gasteiger partial charge in [-0.25, -0.2) is 0 Å². The van der Waals surface area contributed by atoms with Crippen molar-refractivity contribution >= 4 is 0 Å². The zero-order valence-electron chi connectivity index (χ0n) is 12.3. The van der Waals surface area contributed by atoms with Gasteiger partial charge >= 0.3 is 0 Å². The fourth-order valence-electron chi connectivity index (χ4n) is 2.67. The number of hydrogen-bond donors (Lipinski definition) is 1. The molecule has 2 rings (SSSR count). The topological polar surface area (TPSA) is 21.3 Å². The summed E-state index contributed by atoms with van der Waals surface area (Å²) in [4.78, 5) is 0. The molecule has 1 aromatic rings. The summed E-state index contributed by atoms with van der Waals surface area (Å²) in [6.07, 6.45) is 8.36. The van der Waals surface area contributed by atoms with Crippen LogP contribution in [0.1, 0.15) is 43.4 Å². The molecule has 2 atom stereocenters. The van der Waals surface area contributed by atoms with Gasteiger partial charge in [-0.1, -0.05) is 24.3 Å². The highest BCUT2D eigenvalue weighted by molar-refractivity contribution is 5.39. The fourth-order valence-corrected chi connectivity index (χ4v) is 2.67. The summed E-state index contributed by atoms with van der Waals surface area (Å²) < 4.78 is 5.49. The molecule has 0 bridgehead atoms. The first-order valence-corrected chi connectivity index (χ1v) is 7.23. The van der Waals surface area contributed by atoms with Crippen molar-refractivity contribution in [1.82, 2.24) is 5.32 Å². The summed E-state index contributed by atoms with van der Waals surface area (Å²) in [6, 6.07) is 6.77. The van der Waals surface area contributed by atoms with E-state index in [1.165, 1.54) is 30.4 Å². The summed E-state index contributed by atoms with van der Waals surface area (Å²) in [7, 11) is 1.75. The number of nitrogens with one attached hydrogen (secondary N) is 1. The normalized spacial score (nSPS) is 20.3. The second kappa shape index (κ2) is 6.76. The summed E-state index contributed by atoms with van der Waals surface area (Å²) >= 11 is 0. The molecule has 0 spiro atoms. The van der Waals surface area contributed by atoms with Gasteiger partial charge in [-0.2, -0.15) is 0 Å². The number of aryl methyl sites for hydroxylation is 1. The average molecular weight is 259 g/mol. The first-order valence-electron chi connectivity index (χ1n) is 7.23. The van der Waals surface area contributed by atoms with Gasteiger partial charge in [0.15, 0.2) is 0 Å². The fraction of sp³-hybridized carbons (Fsp3) is 0.529. The number of hydrogen-bond acceptors (Lipinski definition) is 2. The van der Waals surface area contributed by atoms with Gasteiger partial charge in [-0.05, 0) is 57.2 Å². The largest absolute Gasteiger partial charge is 0.496 e. The lowest BCUT2D eigenvalue weighted by Gasteiger charge is -2.23. The van der Waals surface area contributed by atoms with E-state index in [9.17, 15) is 0 Å². The average Bonchev–Trinajstić information content (AvgIpc) is 2.45. The number of benzene rings is 1. The van der Waals surface area contributed by atoms with Crippen LogP contribution in [0.15, 0.2) is 30.4 Å². The molecule has 1 aliphatic rings. The standard InChI is InChI=1S/C17H25NO/c1-13-9-10-16(17(11-13)19-3)14(2)18-12-15-7-5-4-6-8-15/h4-5,9-11,14-15,18H,6-8,12H2,1-3H3. The minimum atomic E-state index is 0.335. The highest BCUT2D eigenvalue weighted by atomic mass is 16.5. The Bertz CT molecular complexity index is 439. The molecular weight excluding hydrogens is 234 g/mol. The molecule has 19 heavy (non-hydrogen) atoms. The van der Waals surface area contributed by atoms with Gasteiger partial charge in [0.25, 0.3) is 0 Å². The van der Waals surface area contributed by atoms with E-state index in [4.69, 9.17) is 4.74 Å². The Morgan fingerprint density at radius 3 is 2.89 bits per heavy atom. The van der Waals surface area contributed by atoms with Crippen LogP contribution in [0.4, 0.5) is 0 Å². The van der Waals surface area contributed by atoms with Crippen LogP contribution in [0.2, 0.25) is 0 Å². The third kappa shape index (κ3) is 3.84. The van der Waals surface area contributed by atoms with Gasteiger partial charge in [0.05, 0.1) is 7.11 Å². The Morgan fingerprint density at radius 2 is 2.21 bits per heavy atom. The third-order valence-electron chi connectivity index (χ3n) is 3.95. The van der Waals surface area contributed by atoms with Crippen LogP contribution in [0.5, 0.6) is 5.75 Å². The van der Waals surface area contributed by atoms with E-state index in [1.54, 1.807) is 7.11 Å². The lowest BCUT2D eigenvalue weighted by Crippen LogP contribution is -2.26. The second-order valence-corrected chi connectivity index (χ2v) is 5.53. The molecule has 1 aromatic carbocycles. The molecule has 2 nitrogen and oxygen atoms in total. The predicted octanol–water partition coefficient (Wildman–Crippen LogP) is 4.01. The van der Waals surface area contributed by atoms with E-state index in [-0.39, 0.29) is 0 Å². The Morgan fingerprint density at radius 1 is 1.37 bits per heavy atom. The molecule has 0 fully saturated rings. The van der Waals surface area contributed by atoms with Crippen molar-refractivity contribution < 1.29 is 4.74 Å². The molecule has 104 valence electrons. The highest BCUT2D eigenvalue weighted by Crippen LogP contribution is 2.26. The van der Waals surface area contributed by atoms with Crippen molar-refractivity contribution in [3.05, 3.63) is 41.5 Å². The lowest BCUT2D eigenvalue weighted by molar-refractivity contribution is 0.387. The van der Waals surface area contributed by atoms with Gasteiger partial charge in [0.2, 0.25) is 0 Å². The minimum Gasteiger partial charge on any atom is -0.496 e. The van der Waals surface area contributed by atoms with Gasteiger partial charge in [-0.3, -0.25) is 0 Å². The number of rotatable bonds is 5. The molecule has 0 saturated heterocycles.